The molecule has 5 N–H and O–H groups in total. The number of hydrogen-bond donors (Lipinski definition) is 4. The number of aryl methyl sites for hydroxylation is 1. The molecule has 1 rings (SSSR count). The lowest BCUT2D eigenvalue weighted by Gasteiger charge is -2.22. The maximum Gasteiger partial charge on any atom is 0.148 e. The van der Waals surface area contributed by atoms with Gasteiger partial charge in [0.05, 0.1) is 12.6 Å². The van der Waals surface area contributed by atoms with Crippen molar-refractivity contribution in [3.05, 3.63) is 11.4 Å². The molecule has 1 aromatic rings. The molecule has 1 atom stereocenters. The first-order chi connectivity index (χ1) is 7.99. The van der Waals surface area contributed by atoms with Crippen molar-refractivity contribution < 1.29 is 5.11 Å². The number of anilines is 2. The molecule has 0 saturated carbocycles. The summed E-state index contributed by atoms with van der Waals surface area (Å²) in [7, 11) is 0. The van der Waals surface area contributed by atoms with Crippen LogP contribution in [0.3, 0.4) is 0 Å². The molecule has 0 aromatic carbocycles. The fourth-order valence-electron chi connectivity index (χ4n) is 1.51. The van der Waals surface area contributed by atoms with Crippen LogP contribution >= 0.6 is 0 Å². The molecule has 0 aliphatic heterocycles. The van der Waals surface area contributed by atoms with E-state index in [1.807, 2.05) is 20.8 Å². The van der Waals surface area contributed by atoms with Crippen LogP contribution in [0.25, 0.3) is 0 Å². The van der Waals surface area contributed by atoms with Gasteiger partial charge in [-0.25, -0.2) is 15.8 Å². The van der Waals surface area contributed by atoms with Gasteiger partial charge in [0.1, 0.15) is 17.5 Å². The van der Waals surface area contributed by atoms with Gasteiger partial charge in [-0.15, -0.1) is 0 Å². The summed E-state index contributed by atoms with van der Waals surface area (Å²) in [6, 6.07) is -0.0337. The van der Waals surface area contributed by atoms with Crippen molar-refractivity contribution in [2.75, 3.05) is 17.3 Å². The molecule has 1 aromatic heterocycles. The molecular formula is C11H21N5O. The van der Waals surface area contributed by atoms with Gasteiger partial charge in [0.15, 0.2) is 0 Å². The Morgan fingerprint density at radius 1 is 1.24 bits per heavy atom. The Kier molecular flexibility index (Phi) is 4.65. The van der Waals surface area contributed by atoms with Gasteiger partial charge in [-0.2, -0.15) is 0 Å². The lowest BCUT2D eigenvalue weighted by Crippen LogP contribution is -2.30. The molecule has 0 aliphatic carbocycles. The highest BCUT2D eigenvalue weighted by Gasteiger charge is 2.15. The van der Waals surface area contributed by atoms with E-state index in [1.54, 1.807) is 6.92 Å². The predicted molar refractivity (Wildman–Crippen MR) is 68.7 cm³/mol. The second kappa shape index (κ2) is 5.79. The van der Waals surface area contributed by atoms with E-state index in [2.05, 4.69) is 20.7 Å². The normalized spacial score (nSPS) is 12.6. The van der Waals surface area contributed by atoms with E-state index in [4.69, 9.17) is 5.84 Å². The second-order valence-corrected chi connectivity index (χ2v) is 4.41. The summed E-state index contributed by atoms with van der Waals surface area (Å²) in [6.07, 6.45) is 0. The third-order valence-electron chi connectivity index (χ3n) is 2.72. The standard InChI is InChI=1S/C11H21N5O/c1-6(2)9(5-17)15-10-7(3)11(16-12)14-8(4)13-10/h6,9,17H,5,12H2,1-4H3,(H2,13,14,15,16). The molecule has 0 bridgehead atoms. The summed E-state index contributed by atoms with van der Waals surface area (Å²) in [4.78, 5) is 8.50. The minimum atomic E-state index is -0.0337. The summed E-state index contributed by atoms with van der Waals surface area (Å²) >= 11 is 0. The molecule has 96 valence electrons. The number of aliphatic hydroxyl groups is 1. The minimum Gasteiger partial charge on any atom is -0.394 e. The Labute approximate surface area is 102 Å². The van der Waals surface area contributed by atoms with Crippen molar-refractivity contribution in [1.29, 1.82) is 0 Å². The van der Waals surface area contributed by atoms with Gasteiger partial charge in [0.2, 0.25) is 0 Å². The van der Waals surface area contributed by atoms with E-state index in [-0.39, 0.29) is 12.6 Å². The van der Waals surface area contributed by atoms with Crippen LogP contribution in [0.4, 0.5) is 11.6 Å². The zero-order valence-corrected chi connectivity index (χ0v) is 10.8. The SMILES string of the molecule is Cc1nc(NN)c(C)c(NC(CO)C(C)C)n1. The molecule has 1 heterocycles. The Hall–Kier alpha value is -1.40. The van der Waals surface area contributed by atoms with Crippen LogP contribution < -0.4 is 16.6 Å². The number of nitrogen functional groups attached to an aromatic ring is 1. The van der Waals surface area contributed by atoms with Crippen molar-refractivity contribution in [3.8, 4) is 0 Å². The number of nitrogens with zero attached hydrogens (tertiary/aromatic N) is 2. The number of nitrogens with one attached hydrogen (secondary N) is 2. The first-order valence-electron chi connectivity index (χ1n) is 5.68. The summed E-state index contributed by atoms with van der Waals surface area (Å²) in [5.41, 5.74) is 3.39. The van der Waals surface area contributed by atoms with Gasteiger partial charge in [-0.1, -0.05) is 13.8 Å². The van der Waals surface area contributed by atoms with E-state index < -0.39 is 0 Å². The maximum absolute atomic E-state index is 9.30. The molecule has 6 nitrogen and oxygen atoms in total. The fourth-order valence-corrected chi connectivity index (χ4v) is 1.51. The zero-order valence-electron chi connectivity index (χ0n) is 10.8. The summed E-state index contributed by atoms with van der Waals surface area (Å²) < 4.78 is 0. The second-order valence-electron chi connectivity index (χ2n) is 4.41. The molecule has 0 radical (unpaired) electrons. The molecule has 0 aliphatic rings. The van der Waals surface area contributed by atoms with E-state index in [0.29, 0.717) is 23.4 Å². The topological polar surface area (TPSA) is 96.1 Å². The van der Waals surface area contributed by atoms with Crippen molar-refractivity contribution in [1.82, 2.24) is 9.97 Å². The van der Waals surface area contributed by atoms with E-state index in [0.717, 1.165) is 5.56 Å². The van der Waals surface area contributed by atoms with Crippen LogP contribution in [0.15, 0.2) is 0 Å². The highest BCUT2D eigenvalue weighted by molar-refractivity contribution is 5.57. The molecule has 17 heavy (non-hydrogen) atoms. The lowest BCUT2D eigenvalue weighted by atomic mass is 10.1. The van der Waals surface area contributed by atoms with Crippen LogP contribution in [0, 0.1) is 19.8 Å². The van der Waals surface area contributed by atoms with Crippen molar-refractivity contribution in [2.45, 2.75) is 33.7 Å². The van der Waals surface area contributed by atoms with Gasteiger partial charge >= 0.3 is 0 Å². The predicted octanol–water partition coefficient (Wildman–Crippen LogP) is 0.808. The molecule has 0 saturated heterocycles. The molecule has 0 spiro atoms. The van der Waals surface area contributed by atoms with E-state index >= 15 is 0 Å². The zero-order chi connectivity index (χ0) is 13.0. The third-order valence-corrected chi connectivity index (χ3v) is 2.72. The Bertz CT molecular complexity index is 380. The average molecular weight is 239 g/mol. The summed E-state index contributed by atoms with van der Waals surface area (Å²) in [6.45, 7) is 7.82. The highest BCUT2D eigenvalue weighted by Crippen LogP contribution is 2.20. The highest BCUT2D eigenvalue weighted by atomic mass is 16.3. The summed E-state index contributed by atoms with van der Waals surface area (Å²) in [5, 5.41) is 12.5. The smallest absolute Gasteiger partial charge is 0.148 e. The van der Waals surface area contributed by atoms with Crippen LogP contribution in [0.5, 0.6) is 0 Å². The van der Waals surface area contributed by atoms with Crippen molar-refractivity contribution in [3.63, 3.8) is 0 Å². The molecule has 0 amide bonds. The van der Waals surface area contributed by atoms with Gasteiger partial charge in [0.25, 0.3) is 0 Å². The maximum atomic E-state index is 9.30. The number of hydrazine groups is 1. The fraction of sp³-hybridized carbons (Fsp3) is 0.636. The van der Waals surface area contributed by atoms with Crippen LogP contribution in [0.1, 0.15) is 25.2 Å². The average Bonchev–Trinajstić information content (AvgIpc) is 2.29. The number of hydrogen-bond acceptors (Lipinski definition) is 6. The van der Waals surface area contributed by atoms with Gasteiger partial charge < -0.3 is 15.8 Å². The van der Waals surface area contributed by atoms with E-state index in [1.165, 1.54) is 0 Å². The Morgan fingerprint density at radius 2 is 1.82 bits per heavy atom. The molecule has 0 fully saturated rings. The minimum absolute atomic E-state index is 0.0337. The number of rotatable bonds is 5. The van der Waals surface area contributed by atoms with Crippen LogP contribution in [-0.2, 0) is 0 Å². The third kappa shape index (κ3) is 3.28. The largest absolute Gasteiger partial charge is 0.394 e. The molecule has 1 unspecified atom stereocenters. The van der Waals surface area contributed by atoms with Crippen LogP contribution in [0.2, 0.25) is 0 Å². The monoisotopic (exact) mass is 239 g/mol. The van der Waals surface area contributed by atoms with E-state index in [9.17, 15) is 5.11 Å². The van der Waals surface area contributed by atoms with Gasteiger partial charge in [-0.05, 0) is 19.8 Å². The van der Waals surface area contributed by atoms with Crippen LogP contribution in [-0.4, -0.2) is 27.7 Å². The number of nitrogens with two attached hydrogens (primary N) is 1. The summed E-state index contributed by atoms with van der Waals surface area (Å²) in [5.74, 6) is 7.64. The Morgan fingerprint density at radius 3 is 2.29 bits per heavy atom. The first-order valence-corrected chi connectivity index (χ1v) is 5.68. The van der Waals surface area contributed by atoms with Gasteiger partial charge in [-0.3, -0.25) is 0 Å². The van der Waals surface area contributed by atoms with Crippen molar-refractivity contribution in [2.24, 2.45) is 11.8 Å². The lowest BCUT2D eigenvalue weighted by molar-refractivity contribution is 0.249. The Balaban J connectivity index is 3.01. The quantitative estimate of drug-likeness (QED) is 0.448. The number of aliphatic hydroxyl groups excluding tert-OH is 1. The van der Waals surface area contributed by atoms with Crippen molar-refractivity contribution >= 4 is 11.6 Å². The van der Waals surface area contributed by atoms with Gasteiger partial charge in [0, 0.05) is 5.56 Å². The number of aromatic nitrogens is 2. The first kappa shape index (κ1) is 13.7. The molecule has 6 heteroatoms. The molecular weight excluding hydrogens is 218 g/mol.